The van der Waals surface area contributed by atoms with E-state index in [2.05, 4.69) is 39.2 Å². The molecule has 3 N–H and O–H groups in total. The second kappa shape index (κ2) is 10.2. The van der Waals surface area contributed by atoms with Crippen molar-refractivity contribution in [2.45, 2.75) is 32.4 Å². The Labute approximate surface area is 209 Å². The summed E-state index contributed by atoms with van der Waals surface area (Å²) in [7, 11) is 4.29. The Morgan fingerprint density at radius 2 is 1.97 bits per heavy atom. The van der Waals surface area contributed by atoms with Crippen molar-refractivity contribution in [3.05, 3.63) is 18.5 Å². The summed E-state index contributed by atoms with van der Waals surface area (Å²) in [5, 5.41) is 8.25. The van der Waals surface area contributed by atoms with Crippen molar-refractivity contribution in [1.29, 1.82) is 0 Å². The van der Waals surface area contributed by atoms with Crippen molar-refractivity contribution >= 4 is 28.6 Å². The van der Waals surface area contributed by atoms with E-state index in [0.29, 0.717) is 57.9 Å². The fourth-order valence-corrected chi connectivity index (χ4v) is 4.83. The number of hydrogen-bond acceptors (Lipinski definition) is 10. The van der Waals surface area contributed by atoms with Crippen LogP contribution in [0.4, 0.5) is 16.3 Å². The van der Waals surface area contributed by atoms with Crippen LogP contribution < -0.4 is 20.5 Å². The van der Waals surface area contributed by atoms with Gasteiger partial charge in [-0.05, 0) is 59.1 Å². The van der Waals surface area contributed by atoms with E-state index in [9.17, 15) is 4.79 Å². The highest BCUT2D eigenvalue weighted by Crippen LogP contribution is 2.47. The maximum atomic E-state index is 12.0. The number of amides is 1. The number of rotatable bonds is 7. The van der Waals surface area contributed by atoms with Gasteiger partial charge in [-0.15, -0.1) is 0 Å². The van der Waals surface area contributed by atoms with Gasteiger partial charge in [0.2, 0.25) is 6.79 Å². The molecule has 0 bridgehead atoms. The first-order chi connectivity index (χ1) is 17.5. The van der Waals surface area contributed by atoms with Gasteiger partial charge in [0.1, 0.15) is 17.8 Å². The molecular formula is C24H32N8O4. The molecule has 5 rings (SSSR count). The lowest BCUT2D eigenvalue weighted by Crippen LogP contribution is -2.42. The zero-order valence-corrected chi connectivity index (χ0v) is 20.9. The predicted octanol–water partition coefficient (Wildman–Crippen LogP) is 2.40. The lowest BCUT2D eigenvalue weighted by molar-refractivity contribution is 0.141. The Hall–Kier alpha value is -3.64. The smallest absolute Gasteiger partial charge is 0.411 e. The van der Waals surface area contributed by atoms with Crippen molar-refractivity contribution in [2.24, 2.45) is 0 Å². The molecular weight excluding hydrogens is 464 g/mol. The molecule has 1 aromatic carbocycles. The van der Waals surface area contributed by atoms with Crippen LogP contribution in [0, 0.1) is 0 Å². The van der Waals surface area contributed by atoms with Gasteiger partial charge in [0.25, 0.3) is 0 Å². The number of anilines is 2. The summed E-state index contributed by atoms with van der Waals surface area (Å²) in [5.74, 6) is 1.24. The number of ether oxygens (including phenoxy) is 3. The fraction of sp³-hybridized carbons (Fsp3) is 0.500. The molecule has 3 aromatic rings. The van der Waals surface area contributed by atoms with Gasteiger partial charge in [-0.2, -0.15) is 5.10 Å². The van der Waals surface area contributed by atoms with Gasteiger partial charge < -0.3 is 29.7 Å². The summed E-state index contributed by atoms with van der Waals surface area (Å²) in [6, 6.07) is 4.19. The summed E-state index contributed by atoms with van der Waals surface area (Å²) in [4.78, 5) is 25.4. The molecule has 0 aliphatic carbocycles. The van der Waals surface area contributed by atoms with Crippen LogP contribution in [-0.2, 0) is 11.3 Å². The van der Waals surface area contributed by atoms with Crippen LogP contribution >= 0.6 is 0 Å². The highest BCUT2D eigenvalue weighted by Gasteiger charge is 2.28. The largest absolute Gasteiger partial charge is 0.453 e. The molecule has 0 saturated carbocycles. The molecule has 0 radical (unpaired) electrons. The second-order valence-electron chi connectivity index (χ2n) is 9.14. The first-order valence-electron chi connectivity index (χ1n) is 12.2. The molecule has 12 nitrogen and oxygen atoms in total. The summed E-state index contributed by atoms with van der Waals surface area (Å²) < 4.78 is 18.3. The monoisotopic (exact) mass is 496 g/mol. The van der Waals surface area contributed by atoms with Crippen molar-refractivity contribution in [3.63, 3.8) is 0 Å². The molecule has 192 valence electrons. The maximum absolute atomic E-state index is 12.0. The van der Waals surface area contributed by atoms with Crippen LogP contribution in [0.15, 0.2) is 18.5 Å². The zero-order valence-electron chi connectivity index (χ0n) is 20.9. The number of nitrogens with zero attached hydrogens (tertiary/aromatic N) is 6. The molecule has 2 aromatic heterocycles. The van der Waals surface area contributed by atoms with Crippen molar-refractivity contribution < 1.29 is 19.0 Å². The number of likely N-dealkylation sites (tertiary alicyclic amines) is 1. The molecule has 12 heteroatoms. The van der Waals surface area contributed by atoms with E-state index in [4.69, 9.17) is 25.0 Å². The Morgan fingerprint density at radius 1 is 1.19 bits per heavy atom. The topological polar surface area (TPSA) is 133 Å². The van der Waals surface area contributed by atoms with Crippen LogP contribution in [0.3, 0.4) is 0 Å². The van der Waals surface area contributed by atoms with E-state index < -0.39 is 6.09 Å². The van der Waals surface area contributed by atoms with Gasteiger partial charge in [0.05, 0.1) is 24.2 Å². The van der Waals surface area contributed by atoms with Crippen LogP contribution in [0.2, 0.25) is 0 Å². The minimum absolute atomic E-state index is 0.0252. The van der Waals surface area contributed by atoms with E-state index in [0.717, 1.165) is 32.5 Å². The van der Waals surface area contributed by atoms with Crippen LogP contribution in [0.5, 0.6) is 11.5 Å². The number of piperidine rings is 1. The summed E-state index contributed by atoms with van der Waals surface area (Å²) in [6.45, 7) is 5.67. The molecule has 0 atom stereocenters. The summed E-state index contributed by atoms with van der Waals surface area (Å²) in [6.07, 6.45) is 3.20. The third kappa shape index (κ3) is 4.61. The van der Waals surface area contributed by atoms with Crippen molar-refractivity contribution in [2.75, 3.05) is 58.2 Å². The normalized spacial score (nSPS) is 16.1. The lowest BCUT2D eigenvalue weighted by atomic mass is 10.0. The number of aromatic nitrogens is 4. The highest BCUT2D eigenvalue weighted by atomic mass is 16.7. The third-order valence-corrected chi connectivity index (χ3v) is 6.76. The van der Waals surface area contributed by atoms with Gasteiger partial charge >= 0.3 is 6.09 Å². The number of nitrogen functional groups attached to an aromatic ring is 1. The molecule has 1 amide bonds. The molecule has 2 aliphatic rings. The zero-order chi connectivity index (χ0) is 25.2. The van der Waals surface area contributed by atoms with Crippen LogP contribution in [0.1, 0.15) is 19.8 Å². The van der Waals surface area contributed by atoms with Crippen LogP contribution in [-0.4, -0.2) is 88.8 Å². The molecule has 0 spiro atoms. The second-order valence-corrected chi connectivity index (χ2v) is 9.14. The van der Waals surface area contributed by atoms with Gasteiger partial charge in [-0.1, -0.05) is 0 Å². The molecule has 4 heterocycles. The Balaban J connectivity index is 1.44. The molecule has 36 heavy (non-hydrogen) atoms. The third-order valence-electron chi connectivity index (χ3n) is 6.76. The van der Waals surface area contributed by atoms with E-state index >= 15 is 0 Å². The van der Waals surface area contributed by atoms with E-state index in [1.165, 1.54) is 6.33 Å². The van der Waals surface area contributed by atoms with E-state index in [1.54, 1.807) is 13.0 Å². The number of hydrogen-bond donors (Lipinski definition) is 2. The van der Waals surface area contributed by atoms with E-state index in [-0.39, 0.29) is 13.4 Å². The first kappa shape index (κ1) is 24.1. The van der Waals surface area contributed by atoms with E-state index in [1.807, 2.05) is 10.7 Å². The number of fused-ring (bicyclic) bond motifs is 2. The number of benzene rings is 1. The quantitative estimate of drug-likeness (QED) is 0.502. The lowest BCUT2D eigenvalue weighted by Gasteiger charge is -2.35. The number of nitrogens with two attached hydrogens (primary N) is 1. The van der Waals surface area contributed by atoms with Gasteiger partial charge in [-0.25, -0.2) is 19.4 Å². The molecule has 0 unspecified atom stereocenters. The average molecular weight is 497 g/mol. The standard InChI is InChI=1S/C24H32N8O4/c1-4-34-24(33)28-17-6-5-16(20-21(17)36-14-35-20)19-18-22(25)26-13-27-23(18)32(29-19)12-11-31-9-7-15(8-10-31)30(2)3/h5-6,13,15H,4,7-12,14H2,1-3H3,(H,28,33)(H2,25,26,27). The number of nitrogens with one attached hydrogen (secondary N) is 1. The minimum Gasteiger partial charge on any atom is -0.453 e. The Bertz CT molecular complexity index is 1250. The summed E-state index contributed by atoms with van der Waals surface area (Å²) >= 11 is 0. The van der Waals surface area contributed by atoms with Gasteiger partial charge in [-0.3, -0.25) is 5.32 Å². The maximum Gasteiger partial charge on any atom is 0.411 e. The van der Waals surface area contributed by atoms with Crippen LogP contribution in [0.25, 0.3) is 22.3 Å². The fourth-order valence-electron chi connectivity index (χ4n) is 4.83. The highest BCUT2D eigenvalue weighted by molar-refractivity contribution is 6.01. The predicted molar refractivity (Wildman–Crippen MR) is 135 cm³/mol. The van der Waals surface area contributed by atoms with Crippen molar-refractivity contribution in [3.8, 4) is 22.8 Å². The molecule has 2 aliphatic heterocycles. The Morgan fingerprint density at radius 3 is 2.72 bits per heavy atom. The first-order valence-corrected chi connectivity index (χ1v) is 12.2. The number of carbonyl (C=O) groups is 1. The minimum atomic E-state index is -0.565. The van der Waals surface area contributed by atoms with Gasteiger partial charge in [0, 0.05) is 18.2 Å². The molecule has 1 saturated heterocycles. The Kier molecular flexibility index (Phi) is 6.79. The number of carbonyl (C=O) groups excluding carboxylic acids is 1. The summed E-state index contributed by atoms with van der Waals surface area (Å²) in [5.41, 5.74) is 8.72. The molecule has 1 fully saturated rings. The average Bonchev–Trinajstić information content (AvgIpc) is 3.50. The SMILES string of the molecule is CCOC(=O)Nc1ccc(-c2nn(CCN3CCC(N(C)C)CC3)c3ncnc(N)c23)c2c1OCO2. The van der Waals surface area contributed by atoms with Crippen molar-refractivity contribution in [1.82, 2.24) is 29.5 Å². The van der Waals surface area contributed by atoms with Gasteiger partial charge in [0.15, 0.2) is 17.1 Å².